The van der Waals surface area contributed by atoms with Crippen LogP contribution in [-0.4, -0.2) is 47.3 Å². The Morgan fingerprint density at radius 1 is 1.13 bits per heavy atom. The van der Waals surface area contributed by atoms with Gasteiger partial charge in [-0.05, 0) is 54.4 Å². The molecule has 0 saturated heterocycles. The van der Waals surface area contributed by atoms with Gasteiger partial charge in [-0.3, -0.25) is 9.78 Å². The number of carbonyl (C=O) groups is 2. The number of carbonyl (C=O) groups excluding carboxylic acids is 2. The number of alkyl halides is 3. The molecule has 38 heavy (non-hydrogen) atoms. The molecule has 2 amide bonds. The fraction of sp³-hybridized carbons (Fsp3) is 0.231. The maximum absolute atomic E-state index is 12.9. The lowest BCUT2D eigenvalue weighted by Crippen LogP contribution is -2.41. The van der Waals surface area contributed by atoms with Gasteiger partial charge in [0.15, 0.2) is 11.5 Å². The Labute approximate surface area is 215 Å². The van der Waals surface area contributed by atoms with Gasteiger partial charge in [0.2, 0.25) is 0 Å². The smallest absolute Gasteiger partial charge is 0.493 e. The van der Waals surface area contributed by atoms with E-state index in [-0.39, 0.29) is 29.5 Å². The van der Waals surface area contributed by atoms with Gasteiger partial charge in [-0.2, -0.15) is 10.1 Å². The highest BCUT2D eigenvalue weighted by atomic mass is 19.4. The summed E-state index contributed by atoms with van der Waals surface area (Å²) >= 11 is 0. The molecule has 0 fully saturated rings. The number of methoxy groups -OCH3 is 1. The number of pyridine rings is 1. The molecule has 0 bridgehead atoms. The fourth-order valence-corrected chi connectivity index (χ4v) is 3.70. The van der Waals surface area contributed by atoms with Crippen molar-refractivity contribution in [2.75, 3.05) is 12.4 Å². The molecular formula is C26H23F3N4O5. The first-order chi connectivity index (χ1) is 18.2. The van der Waals surface area contributed by atoms with Crippen LogP contribution < -0.4 is 14.8 Å². The summed E-state index contributed by atoms with van der Waals surface area (Å²) < 4.78 is 53.3. The van der Waals surface area contributed by atoms with Crippen LogP contribution in [0.25, 0.3) is 0 Å². The van der Waals surface area contributed by atoms with Crippen LogP contribution in [0.3, 0.4) is 0 Å². The van der Waals surface area contributed by atoms with Gasteiger partial charge in [-0.1, -0.05) is 19.1 Å². The predicted molar refractivity (Wildman–Crippen MR) is 131 cm³/mol. The summed E-state index contributed by atoms with van der Waals surface area (Å²) in [6, 6.07) is 14.0. The largest absolute Gasteiger partial charge is 0.573 e. The van der Waals surface area contributed by atoms with Crippen molar-refractivity contribution in [3.05, 3.63) is 83.7 Å². The number of hydrogen-bond acceptors (Lipinski definition) is 7. The maximum atomic E-state index is 12.9. The topological polar surface area (TPSA) is 102 Å². The van der Waals surface area contributed by atoms with Gasteiger partial charge >= 0.3 is 12.5 Å². The molecule has 4 rings (SSSR count). The Kier molecular flexibility index (Phi) is 7.79. The molecule has 0 aliphatic carbocycles. The number of nitrogens with one attached hydrogen (secondary N) is 1. The second-order valence-corrected chi connectivity index (χ2v) is 8.13. The molecule has 1 N–H and O–H groups in total. The normalized spacial score (nSPS) is 15.4. The Morgan fingerprint density at radius 3 is 2.53 bits per heavy atom. The average Bonchev–Trinajstić information content (AvgIpc) is 2.90. The summed E-state index contributed by atoms with van der Waals surface area (Å²) in [7, 11) is 1.23. The van der Waals surface area contributed by atoms with E-state index in [9.17, 15) is 22.8 Å². The number of aromatic nitrogens is 1. The van der Waals surface area contributed by atoms with Crippen molar-refractivity contribution in [2.45, 2.75) is 32.4 Å². The number of halogens is 3. The minimum atomic E-state index is -4.92. The third-order valence-corrected chi connectivity index (χ3v) is 5.51. The molecule has 1 atom stereocenters. The zero-order valence-corrected chi connectivity index (χ0v) is 20.4. The second-order valence-electron chi connectivity index (χ2n) is 8.13. The predicted octanol–water partition coefficient (Wildman–Crippen LogP) is 5.38. The van der Waals surface area contributed by atoms with E-state index in [0.29, 0.717) is 23.2 Å². The molecule has 0 saturated carbocycles. The van der Waals surface area contributed by atoms with Crippen molar-refractivity contribution >= 4 is 23.4 Å². The van der Waals surface area contributed by atoms with Gasteiger partial charge in [0.05, 0.1) is 19.2 Å². The highest BCUT2D eigenvalue weighted by molar-refractivity contribution is 6.06. The zero-order valence-electron chi connectivity index (χ0n) is 20.4. The van der Waals surface area contributed by atoms with E-state index in [1.807, 2.05) is 0 Å². The minimum absolute atomic E-state index is 0.0255. The lowest BCUT2D eigenvalue weighted by molar-refractivity contribution is -0.275. The highest BCUT2D eigenvalue weighted by Crippen LogP contribution is 2.34. The first-order valence-corrected chi connectivity index (χ1v) is 11.5. The van der Waals surface area contributed by atoms with Crippen LogP contribution in [-0.2, 0) is 11.3 Å². The molecule has 1 aliphatic rings. The van der Waals surface area contributed by atoms with Crippen LogP contribution in [0.4, 0.5) is 23.7 Å². The van der Waals surface area contributed by atoms with E-state index < -0.39 is 24.3 Å². The van der Waals surface area contributed by atoms with Gasteiger partial charge in [-0.25, -0.2) is 4.79 Å². The Hall–Kier alpha value is -4.61. The molecule has 12 heteroatoms. The lowest BCUT2D eigenvalue weighted by atomic mass is 10.0. The van der Waals surface area contributed by atoms with E-state index in [0.717, 1.165) is 11.1 Å². The summed E-state index contributed by atoms with van der Waals surface area (Å²) in [5.41, 5.74) is 2.16. The molecule has 0 radical (unpaired) electrons. The SMILES string of the molecule is CCC1OC(=O)N(Cc2ccc(NC(=O)c3cccnc3)cc2)N=C1c1ccc(OC)c(OC(F)(F)F)c1. The highest BCUT2D eigenvalue weighted by Gasteiger charge is 2.34. The summed E-state index contributed by atoms with van der Waals surface area (Å²) in [6.45, 7) is 1.79. The molecule has 1 aliphatic heterocycles. The second kappa shape index (κ2) is 11.2. The standard InChI is InChI=1S/C26H23F3N4O5/c1-3-20-23(17-8-11-21(36-2)22(13-17)38-26(27,28)29)32-33(25(35)37-20)15-16-6-9-19(10-7-16)31-24(34)18-5-4-12-30-14-18/h4-14,20H,3,15H2,1-2H3,(H,31,34). The number of rotatable bonds is 8. The first kappa shape index (κ1) is 26.5. The van der Waals surface area contributed by atoms with Crippen LogP contribution in [0.5, 0.6) is 11.5 Å². The molecule has 0 spiro atoms. The third-order valence-electron chi connectivity index (χ3n) is 5.51. The van der Waals surface area contributed by atoms with Crippen molar-refractivity contribution in [1.29, 1.82) is 0 Å². The number of ether oxygens (including phenoxy) is 3. The zero-order chi connectivity index (χ0) is 27.3. The maximum Gasteiger partial charge on any atom is 0.573 e. The third kappa shape index (κ3) is 6.38. The molecule has 1 aromatic heterocycles. The van der Waals surface area contributed by atoms with E-state index in [1.165, 1.54) is 25.4 Å². The molecule has 2 aromatic carbocycles. The van der Waals surface area contributed by atoms with E-state index in [1.54, 1.807) is 49.5 Å². The number of nitrogens with zero attached hydrogens (tertiary/aromatic N) is 3. The van der Waals surface area contributed by atoms with Gasteiger partial charge < -0.3 is 19.5 Å². The molecule has 2 heterocycles. The molecule has 3 aromatic rings. The summed E-state index contributed by atoms with van der Waals surface area (Å²) in [4.78, 5) is 28.8. The summed E-state index contributed by atoms with van der Waals surface area (Å²) in [5.74, 6) is -0.971. The lowest BCUT2D eigenvalue weighted by Gasteiger charge is -2.29. The van der Waals surface area contributed by atoms with Crippen LogP contribution >= 0.6 is 0 Å². The van der Waals surface area contributed by atoms with Crippen molar-refractivity contribution < 1.29 is 37.0 Å². The number of hydrazone groups is 1. The molecule has 1 unspecified atom stereocenters. The van der Waals surface area contributed by atoms with Crippen molar-refractivity contribution in [3.63, 3.8) is 0 Å². The van der Waals surface area contributed by atoms with Crippen LogP contribution in [0, 0.1) is 0 Å². The van der Waals surface area contributed by atoms with Gasteiger partial charge in [0.1, 0.15) is 11.8 Å². The fourth-order valence-electron chi connectivity index (χ4n) is 3.70. The molecule has 198 valence electrons. The monoisotopic (exact) mass is 528 g/mol. The average molecular weight is 528 g/mol. The van der Waals surface area contributed by atoms with Crippen LogP contribution in [0.2, 0.25) is 0 Å². The van der Waals surface area contributed by atoms with Crippen molar-refractivity contribution in [2.24, 2.45) is 5.10 Å². The first-order valence-electron chi connectivity index (χ1n) is 11.5. The van der Waals surface area contributed by atoms with Gasteiger partial charge in [0, 0.05) is 23.6 Å². The van der Waals surface area contributed by atoms with E-state index in [2.05, 4.69) is 20.1 Å². The van der Waals surface area contributed by atoms with Crippen molar-refractivity contribution in [1.82, 2.24) is 9.99 Å². The number of hydrogen-bond donors (Lipinski definition) is 1. The quantitative estimate of drug-likeness (QED) is 0.422. The molecule has 9 nitrogen and oxygen atoms in total. The molecular weight excluding hydrogens is 505 g/mol. The number of cyclic esters (lactones) is 1. The number of amides is 2. The van der Waals surface area contributed by atoms with E-state index in [4.69, 9.17) is 9.47 Å². The summed E-state index contributed by atoms with van der Waals surface area (Å²) in [6.07, 6.45) is -3.02. The summed E-state index contributed by atoms with van der Waals surface area (Å²) in [5, 5.41) is 8.24. The van der Waals surface area contributed by atoms with Gasteiger partial charge in [0.25, 0.3) is 5.91 Å². The van der Waals surface area contributed by atoms with E-state index >= 15 is 0 Å². The van der Waals surface area contributed by atoms with Crippen LogP contribution in [0.15, 0.2) is 72.1 Å². The van der Waals surface area contributed by atoms with Crippen LogP contribution in [0.1, 0.15) is 34.8 Å². The number of anilines is 1. The minimum Gasteiger partial charge on any atom is -0.493 e. The number of benzene rings is 2. The Bertz CT molecular complexity index is 1330. The Balaban J connectivity index is 1.54. The Morgan fingerprint density at radius 2 is 1.89 bits per heavy atom. The van der Waals surface area contributed by atoms with Gasteiger partial charge in [-0.15, -0.1) is 13.2 Å². The van der Waals surface area contributed by atoms with Crippen molar-refractivity contribution in [3.8, 4) is 11.5 Å².